The largest absolute Gasteiger partial charge is 0.339 e. The zero-order chi connectivity index (χ0) is 15.4. The fourth-order valence-electron chi connectivity index (χ4n) is 2.67. The van der Waals surface area contributed by atoms with Crippen molar-refractivity contribution in [3.05, 3.63) is 11.7 Å². The number of nitrogens with zero attached hydrogens (tertiary/aromatic N) is 4. The molecule has 1 N–H and O–H groups in total. The van der Waals surface area contributed by atoms with Gasteiger partial charge >= 0.3 is 0 Å². The van der Waals surface area contributed by atoms with E-state index in [4.69, 9.17) is 4.52 Å². The number of nitrogens with one attached hydrogen (secondary N) is 1. The van der Waals surface area contributed by atoms with E-state index in [1.807, 2.05) is 11.8 Å². The summed E-state index contributed by atoms with van der Waals surface area (Å²) in [5, 5.41) is 7.25. The van der Waals surface area contributed by atoms with Crippen molar-refractivity contribution in [2.24, 2.45) is 5.92 Å². The van der Waals surface area contributed by atoms with E-state index in [9.17, 15) is 4.79 Å². The SMILES string of the molecule is CCc1nc(CN2CCN(C(=O)CNCC3CC3)CC2)no1. The maximum absolute atomic E-state index is 12.1. The molecule has 0 aromatic carbocycles. The Kier molecular flexibility index (Phi) is 5.04. The maximum atomic E-state index is 12.1. The van der Waals surface area contributed by atoms with Crippen LogP contribution in [0.4, 0.5) is 0 Å². The van der Waals surface area contributed by atoms with Gasteiger partial charge in [0.2, 0.25) is 11.8 Å². The van der Waals surface area contributed by atoms with E-state index in [1.54, 1.807) is 0 Å². The highest BCUT2D eigenvalue weighted by Crippen LogP contribution is 2.27. The number of rotatable bonds is 7. The summed E-state index contributed by atoms with van der Waals surface area (Å²) < 4.78 is 5.12. The zero-order valence-electron chi connectivity index (χ0n) is 13.3. The van der Waals surface area contributed by atoms with E-state index >= 15 is 0 Å². The summed E-state index contributed by atoms with van der Waals surface area (Å²) in [5.41, 5.74) is 0. The van der Waals surface area contributed by atoms with Crippen LogP contribution in [0.3, 0.4) is 0 Å². The van der Waals surface area contributed by atoms with Gasteiger partial charge in [-0.15, -0.1) is 0 Å². The summed E-state index contributed by atoms with van der Waals surface area (Å²) in [6.07, 6.45) is 3.40. The molecule has 1 aliphatic carbocycles. The standard InChI is InChI=1S/C15H25N5O2/c1-2-14-17-13(18-22-14)11-19-5-7-20(8-6-19)15(21)10-16-9-12-3-4-12/h12,16H,2-11H2,1H3. The summed E-state index contributed by atoms with van der Waals surface area (Å²) in [7, 11) is 0. The molecule has 1 saturated heterocycles. The number of carbonyl (C=O) groups is 1. The Balaban J connectivity index is 1.36. The van der Waals surface area contributed by atoms with Crippen LogP contribution in [-0.4, -0.2) is 65.1 Å². The van der Waals surface area contributed by atoms with Crippen molar-refractivity contribution in [3.63, 3.8) is 0 Å². The van der Waals surface area contributed by atoms with Crippen LogP contribution < -0.4 is 5.32 Å². The van der Waals surface area contributed by atoms with E-state index < -0.39 is 0 Å². The highest BCUT2D eigenvalue weighted by Gasteiger charge is 2.24. The summed E-state index contributed by atoms with van der Waals surface area (Å²) in [4.78, 5) is 20.7. The van der Waals surface area contributed by atoms with Crippen LogP contribution in [-0.2, 0) is 17.8 Å². The van der Waals surface area contributed by atoms with Gasteiger partial charge in [0.1, 0.15) is 0 Å². The van der Waals surface area contributed by atoms with Crippen molar-refractivity contribution in [1.29, 1.82) is 0 Å². The molecule has 2 heterocycles. The van der Waals surface area contributed by atoms with Gasteiger partial charge in [-0.3, -0.25) is 9.69 Å². The Morgan fingerprint density at radius 1 is 1.32 bits per heavy atom. The minimum Gasteiger partial charge on any atom is -0.339 e. The first-order chi connectivity index (χ1) is 10.7. The molecule has 2 fully saturated rings. The Morgan fingerprint density at radius 3 is 2.73 bits per heavy atom. The van der Waals surface area contributed by atoms with Crippen LogP contribution in [0.5, 0.6) is 0 Å². The van der Waals surface area contributed by atoms with Gasteiger partial charge < -0.3 is 14.7 Å². The number of hydrogen-bond donors (Lipinski definition) is 1. The molecule has 0 bridgehead atoms. The first kappa shape index (κ1) is 15.4. The van der Waals surface area contributed by atoms with E-state index in [0.717, 1.165) is 50.9 Å². The predicted octanol–water partition coefficient (Wildman–Crippen LogP) is 0.276. The summed E-state index contributed by atoms with van der Waals surface area (Å²) in [6, 6.07) is 0. The zero-order valence-corrected chi connectivity index (χ0v) is 13.3. The van der Waals surface area contributed by atoms with Gasteiger partial charge in [0, 0.05) is 32.6 Å². The fourth-order valence-corrected chi connectivity index (χ4v) is 2.67. The molecular weight excluding hydrogens is 282 g/mol. The summed E-state index contributed by atoms with van der Waals surface area (Å²) >= 11 is 0. The Bertz CT molecular complexity index is 492. The molecule has 0 spiro atoms. The van der Waals surface area contributed by atoms with Gasteiger partial charge in [0.15, 0.2) is 5.82 Å². The van der Waals surface area contributed by atoms with Crippen LogP contribution in [0.25, 0.3) is 0 Å². The smallest absolute Gasteiger partial charge is 0.236 e. The van der Waals surface area contributed by atoms with Crippen LogP contribution in [0.15, 0.2) is 4.52 Å². The second kappa shape index (κ2) is 7.19. The molecule has 0 radical (unpaired) electrons. The van der Waals surface area contributed by atoms with Crippen molar-refractivity contribution < 1.29 is 9.32 Å². The molecular formula is C15H25N5O2. The van der Waals surface area contributed by atoms with Crippen LogP contribution in [0.2, 0.25) is 0 Å². The predicted molar refractivity (Wildman–Crippen MR) is 81.1 cm³/mol. The molecule has 1 saturated carbocycles. The minimum atomic E-state index is 0.216. The number of amides is 1. The average molecular weight is 307 g/mol. The second-order valence-electron chi connectivity index (χ2n) is 6.19. The van der Waals surface area contributed by atoms with Gasteiger partial charge in [0.05, 0.1) is 13.1 Å². The molecule has 7 heteroatoms. The Hall–Kier alpha value is -1.47. The quantitative estimate of drug-likeness (QED) is 0.780. The third-order valence-corrected chi connectivity index (χ3v) is 4.31. The molecule has 7 nitrogen and oxygen atoms in total. The molecule has 0 unspecified atom stereocenters. The number of aryl methyl sites for hydroxylation is 1. The highest BCUT2D eigenvalue weighted by molar-refractivity contribution is 5.78. The topological polar surface area (TPSA) is 74.5 Å². The van der Waals surface area contributed by atoms with Crippen molar-refractivity contribution in [1.82, 2.24) is 25.3 Å². The summed E-state index contributed by atoms with van der Waals surface area (Å²) in [6.45, 7) is 7.45. The molecule has 1 aromatic rings. The van der Waals surface area contributed by atoms with E-state index in [1.165, 1.54) is 12.8 Å². The van der Waals surface area contributed by atoms with Crippen molar-refractivity contribution in [3.8, 4) is 0 Å². The number of hydrogen-bond acceptors (Lipinski definition) is 6. The van der Waals surface area contributed by atoms with Gasteiger partial charge in [-0.1, -0.05) is 12.1 Å². The van der Waals surface area contributed by atoms with Gasteiger partial charge in [-0.2, -0.15) is 4.98 Å². The maximum Gasteiger partial charge on any atom is 0.236 e. The third-order valence-electron chi connectivity index (χ3n) is 4.31. The van der Waals surface area contributed by atoms with E-state index in [-0.39, 0.29) is 5.91 Å². The average Bonchev–Trinajstić information content (AvgIpc) is 3.25. The Morgan fingerprint density at radius 2 is 2.09 bits per heavy atom. The van der Waals surface area contributed by atoms with E-state index in [2.05, 4.69) is 20.4 Å². The first-order valence-corrected chi connectivity index (χ1v) is 8.27. The van der Waals surface area contributed by atoms with Crippen LogP contribution in [0, 0.1) is 5.92 Å². The normalized spacial score (nSPS) is 19.6. The fraction of sp³-hybridized carbons (Fsp3) is 0.800. The molecule has 122 valence electrons. The van der Waals surface area contributed by atoms with Gasteiger partial charge in [0.25, 0.3) is 0 Å². The molecule has 1 aromatic heterocycles. The minimum absolute atomic E-state index is 0.216. The second-order valence-corrected chi connectivity index (χ2v) is 6.19. The first-order valence-electron chi connectivity index (χ1n) is 8.27. The molecule has 2 aliphatic rings. The van der Waals surface area contributed by atoms with Crippen LogP contribution >= 0.6 is 0 Å². The lowest BCUT2D eigenvalue weighted by atomic mass is 10.3. The molecule has 1 amide bonds. The lowest BCUT2D eigenvalue weighted by molar-refractivity contribution is -0.132. The number of carbonyl (C=O) groups excluding carboxylic acids is 1. The number of aromatic nitrogens is 2. The lowest BCUT2D eigenvalue weighted by Gasteiger charge is -2.34. The van der Waals surface area contributed by atoms with Crippen molar-refractivity contribution >= 4 is 5.91 Å². The van der Waals surface area contributed by atoms with Crippen molar-refractivity contribution in [2.45, 2.75) is 32.7 Å². The molecule has 3 rings (SSSR count). The molecule has 22 heavy (non-hydrogen) atoms. The summed E-state index contributed by atoms with van der Waals surface area (Å²) in [5.74, 6) is 2.45. The Labute approximate surface area is 131 Å². The third kappa shape index (κ3) is 4.27. The van der Waals surface area contributed by atoms with Gasteiger partial charge in [-0.05, 0) is 25.3 Å². The highest BCUT2D eigenvalue weighted by atomic mass is 16.5. The number of piperazine rings is 1. The lowest BCUT2D eigenvalue weighted by Crippen LogP contribution is -2.50. The molecule has 0 atom stereocenters. The monoisotopic (exact) mass is 307 g/mol. The van der Waals surface area contributed by atoms with Gasteiger partial charge in [-0.25, -0.2) is 0 Å². The van der Waals surface area contributed by atoms with Crippen molar-refractivity contribution in [2.75, 3.05) is 39.3 Å². The van der Waals surface area contributed by atoms with Crippen LogP contribution in [0.1, 0.15) is 31.5 Å². The molecule has 1 aliphatic heterocycles. The van der Waals surface area contributed by atoms with E-state index in [0.29, 0.717) is 19.0 Å².